The van der Waals surface area contributed by atoms with Crippen LogP contribution in [0.25, 0.3) is 0 Å². The molecular weight excluding hydrogens is 340 g/mol. The minimum absolute atomic E-state index is 0.101. The second-order valence-electron chi connectivity index (χ2n) is 5.29. The fourth-order valence-electron chi connectivity index (χ4n) is 2.33. The summed E-state index contributed by atoms with van der Waals surface area (Å²) >= 11 is 1.34. The van der Waals surface area contributed by atoms with E-state index in [1.54, 1.807) is 23.7 Å². The Morgan fingerprint density at radius 3 is 2.40 bits per heavy atom. The summed E-state index contributed by atoms with van der Waals surface area (Å²) in [6.45, 7) is 6.61. The van der Waals surface area contributed by atoms with Crippen molar-refractivity contribution in [3.8, 4) is 11.5 Å². The highest BCUT2D eigenvalue weighted by Gasteiger charge is 2.16. The van der Waals surface area contributed by atoms with E-state index in [1.807, 2.05) is 20.8 Å². The zero-order chi connectivity index (χ0) is 18.2. The van der Waals surface area contributed by atoms with Crippen LogP contribution in [0.3, 0.4) is 0 Å². The number of benzene rings is 1. The maximum atomic E-state index is 12.5. The summed E-state index contributed by atoms with van der Waals surface area (Å²) in [4.78, 5) is 28.4. The first-order chi connectivity index (χ1) is 12.0. The van der Waals surface area contributed by atoms with Crippen molar-refractivity contribution >= 4 is 28.2 Å². The topological polar surface area (TPSA) is 77.5 Å². The number of thiazole rings is 1. The van der Waals surface area contributed by atoms with Crippen LogP contribution >= 0.6 is 11.3 Å². The number of carbonyl (C=O) groups is 2. The quantitative estimate of drug-likeness (QED) is 0.686. The highest BCUT2D eigenvalue weighted by atomic mass is 32.1. The Hall–Kier alpha value is -2.41. The summed E-state index contributed by atoms with van der Waals surface area (Å²) in [5.74, 6) is 0.846. The second-order valence-corrected chi connectivity index (χ2v) is 6.18. The highest BCUT2D eigenvalue weighted by molar-refractivity contribution is 7.13. The van der Waals surface area contributed by atoms with Gasteiger partial charge in [0.2, 0.25) is 5.91 Å². The Morgan fingerprint density at radius 1 is 1.12 bits per heavy atom. The van der Waals surface area contributed by atoms with Crippen molar-refractivity contribution in [1.29, 1.82) is 0 Å². The number of amides is 1. The summed E-state index contributed by atoms with van der Waals surface area (Å²) in [6.07, 6.45) is 1.84. The Morgan fingerprint density at radius 2 is 1.80 bits per heavy atom. The van der Waals surface area contributed by atoms with E-state index >= 15 is 0 Å². The van der Waals surface area contributed by atoms with E-state index in [0.717, 1.165) is 5.56 Å². The molecule has 1 aromatic heterocycles. The molecule has 0 aliphatic rings. The van der Waals surface area contributed by atoms with E-state index < -0.39 is 0 Å². The fourth-order valence-corrected chi connectivity index (χ4v) is 2.87. The number of carbonyl (C=O) groups excluding carboxylic acids is 2. The van der Waals surface area contributed by atoms with Crippen LogP contribution in [0, 0.1) is 6.92 Å². The van der Waals surface area contributed by atoms with Gasteiger partial charge >= 0.3 is 0 Å². The number of ketones is 1. The summed E-state index contributed by atoms with van der Waals surface area (Å²) in [6, 6.07) is 3.50. The van der Waals surface area contributed by atoms with Crippen LogP contribution in [0.5, 0.6) is 11.5 Å². The summed E-state index contributed by atoms with van der Waals surface area (Å²) in [7, 11) is 0. The molecule has 0 bridgehead atoms. The summed E-state index contributed by atoms with van der Waals surface area (Å²) < 4.78 is 11.1. The van der Waals surface area contributed by atoms with Crippen LogP contribution < -0.4 is 14.8 Å². The van der Waals surface area contributed by atoms with Crippen molar-refractivity contribution in [3.05, 3.63) is 34.8 Å². The molecule has 0 atom stereocenters. The highest BCUT2D eigenvalue weighted by Crippen LogP contribution is 2.31. The molecular formula is C18H22N2O4S. The van der Waals surface area contributed by atoms with Crippen LogP contribution in [-0.4, -0.2) is 29.9 Å². The van der Waals surface area contributed by atoms with Crippen molar-refractivity contribution in [3.63, 3.8) is 0 Å². The number of hydrogen-bond donors (Lipinski definition) is 1. The number of aryl methyl sites for hydroxylation is 1. The smallest absolute Gasteiger partial charge is 0.226 e. The van der Waals surface area contributed by atoms with Gasteiger partial charge in [-0.1, -0.05) is 0 Å². The average molecular weight is 362 g/mol. The monoisotopic (exact) mass is 362 g/mol. The summed E-state index contributed by atoms with van der Waals surface area (Å²) in [5, 5.41) is 4.99. The van der Waals surface area contributed by atoms with Gasteiger partial charge < -0.3 is 14.8 Å². The first kappa shape index (κ1) is 18.9. The predicted octanol–water partition coefficient (Wildman–Crippen LogP) is 3.85. The molecule has 1 heterocycles. The molecule has 1 aromatic carbocycles. The van der Waals surface area contributed by atoms with Gasteiger partial charge in [-0.2, -0.15) is 0 Å². The third-order valence-corrected chi connectivity index (χ3v) is 4.14. The van der Waals surface area contributed by atoms with Crippen molar-refractivity contribution in [1.82, 2.24) is 4.98 Å². The van der Waals surface area contributed by atoms with Gasteiger partial charge in [0.05, 0.1) is 13.2 Å². The van der Waals surface area contributed by atoms with Crippen molar-refractivity contribution in [2.45, 2.75) is 33.6 Å². The molecule has 7 heteroatoms. The predicted molar refractivity (Wildman–Crippen MR) is 97.8 cm³/mol. The van der Waals surface area contributed by atoms with Crippen molar-refractivity contribution in [2.24, 2.45) is 0 Å². The van der Waals surface area contributed by atoms with Gasteiger partial charge in [-0.3, -0.25) is 9.59 Å². The number of hydrogen-bond acceptors (Lipinski definition) is 6. The normalized spacial score (nSPS) is 10.4. The van der Waals surface area contributed by atoms with Crippen LogP contribution in [-0.2, 0) is 4.79 Å². The SMILES string of the molecule is CCOc1cc(C)c(C(=O)CCC(=O)Nc2nccs2)cc1OCC. The lowest BCUT2D eigenvalue weighted by atomic mass is 10.0. The number of rotatable bonds is 9. The van der Waals surface area contributed by atoms with E-state index in [0.29, 0.717) is 35.4 Å². The van der Waals surface area contributed by atoms with E-state index in [-0.39, 0.29) is 24.5 Å². The van der Waals surface area contributed by atoms with Gasteiger partial charge in [0.15, 0.2) is 22.4 Å². The molecule has 2 aromatic rings. The number of nitrogens with zero attached hydrogens (tertiary/aromatic N) is 1. The zero-order valence-electron chi connectivity index (χ0n) is 14.6. The second kappa shape index (κ2) is 9.17. The number of ether oxygens (including phenoxy) is 2. The van der Waals surface area contributed by atoms with E-state index in [1.165, 1.54) is 11.3 Å². The molecule has 25 heavy (non-hydrogen) atoms. The minimum Gasteiger partial charge on any atom is -0.490 e. The molecule has 0 radical (unpaired) electrons. The molecule has 0 aliphatic heterocycles. The van der Waals surface area contributed by atoms with Gasteiger partial charge in [0.1, 0.15) is 0 Å². The Balaban J connectivity index is 2.04. The largest absolute Gasteiger partial charge is 0.490 e. The first-order valence-electron chi connectivity index (χ1n) is 8.17. The van der Waals surface area contributed by atoms with Gasteiger partial charge in [-0.05, 0) is 38.5 Å². The summed E-state index contributed by atoms with van der Waals surface area (Å²) in [5.41, 5.74) is 1.35. The van der Waals surface area contributed by atoms with Gasteiger partial charge in [-0.15, -0.1) is 11.3 Å². The number of nitrogens with one attached hydrogen (secondary N) is 1. The van der Waals surface area contributed by atoms with E-state index in [4.69, 9.17) is 9.47 Å². The molecule has 0 aliphatic carbocycles. The number of aromatic nitrogens is 1. The van der Waals surface area contributed by atoms with Gasteiger partial charge in [-0.25, -0.2) is 4.98 Å². The van der Waals surface area contributed by atoms with Crippen LogP contribution in [0.4, 0.5) is 5.13 Å². The van der Waals surface area contributed by atoms with Gasteiger partial charge in [0.25, 0.3) is 0 Å². The van der Waals surface area contributed by atoms with Crippen LogP contribution in [0.1, 0.15) is 42.6 Å². The van der Waals surface area contributed by atoms with Crippen LogP contribution in [0.2, 0.25) is 0 Å². The van der Waals surface area contributed by atoms with E-state index in [9.17, 15) is 9.59 Å². The molecule has 2 rings (SSSR count). The first-order valence-corrected chi connectivity index (χ1v) is 9.05. The number of Topliss-reactive ketones (excluding diaryl/α,β-unsaturated/α-hetero) is 1. The third-order valence-electron chi connectivity index (χ3n) is 3.45. The van der Waals surface area contributed by atoms with Crippen molar-refractivity contribution < 1.29 is 19.1 Å². The zero-order valence-corrected chi connectivity index (χ0v) is 15.4. The van der Waals surface area contributed by atoms with Gasteiger partial charge in [0, 0.05) is 30.0 Å². The molecule has 134 valence electrons. The van der Waals surface area contributed by atoms with E-state index in [2.05, 4.69) is 10.3 Å². The molecule has 0 spiro atoms. The molecule has 0 unspecified atom stereocenters. The lowest BCUT2D eigenvalue weighted by molar-refractivity contribution is -0.116. The van der Waals surface area contributed by atoms with Crippen molar-refractivity contribution in [2.75, 3.05) is 18.5 Å². The maximum Gasteiger partial charge on any atom is 0.226 e. The Labute approximate surface area is 151 Å². The van der Waals surface area contributed by atoms with Crippen LogP contribution in [0.15, 0.2) is 23.7 Å². The third kappa shape index (κ3) is 5.29. The Kier molecular flexibility index (Phi) is 6.94. The maximum absolute atomic E-state index is 12.5. The molecule has 0 fully saturated rings. The molecule has 1 N–H and O–H groups in total. The number of anilines is 1. The standard InChI is InChI=1S/C18H22N2O4S/c1-4-23-15-10-12(3)13(11-16(15)24-5-2)14(21)6-7-17(22)20-18-19-8-9-25-18/h8-11H,4-7H2,1-3H3,(H,19,20,22). The fraction of sp³-hybridized carbons (Fsp3) is 0.389. The molecule has 1 amide bonds. The average Bonchev–Trinajstić information content (AvgIpc) is 3.08. The lowest BCUT2D eigenvalue weighted by Crippen LogP contribution is -2.14. The minimum atomic E-state index is -0.225. The lowest BCUT2D eigenvalue weighted by Gasteiger charge is -2.14. The Bertz CT molecular complexity index is 729. The molecule has 6 nitrogen and oxygen atoms in total. The molecule has 0 saturated heterocycles. The molecule has 0 saturated carbocycles.